The molecule has 0 radical (unpaired) electrons. The average Bonchev–Trinajstić information content (AvgIpc) is 2.58. The second-order valence-corrected chi connectivity index (χ2v) is 5.40. The molecule has 25 heavy (non-hydrogen) atoms. The Kier molecular flexibility index (Phi) is 4.35. The lowest BCUT2D eigenvalue weighted by Crippen LogP contribution is -2.25. The van der Waals surface area contributed by atoms with Crippen LogP contribution in [-0.2, 0) is 11.0 Å². The highest BCUT2D eigenvalue weighted by Crippen LogP contribution is 2.34. The highest BCUT2D eigenvalue weighted by molar-refractivity contribution is 6.02. The van der Waals surface area contributed by atoms with E-state index in [1.54, 1.807) is 25.1 Å². The Balaban J connectivity index is 1.84. The number of para-hydroxylation sites is 1. The number of rotatable bonds is 3. The van der Waals surface area contributed by atoms with Crippen molar-refractivity contribution in [2.24, 2.45) is 5.10 Å². The van der Waals surface area contributed by atoms with E-state index in [0.29, 0.717) is 22.7 Å². The molecule has 2 N–H and O–H groups in total. The van der Waals surface area contributed by atoms with Crippen LogP contribution in [0.3, 0.4) is 0 Å². The molecule has 0 fully saturated rings. The van der Waals surface area contributed by atoms with Crippen molar-refractivity contribution in [1.29, 1.82) is 0 Å². The van der Waals surface area contributed by atoms with E-state index in [1.165, 1.54) is 18.2 Å². The van der Waals surface area contributed by atoms with Gasteiger partial charge in [0.1, 0.15) is 5.75 Å². The summed E-state index contributed by atoms with van der Waals surface area (Å²) in [6, 6.07) is 10.1. The van der Waals surface area contributed by atoms with Gasteiger partial charge in [0.15, 0.2) is 6.61 Å². The number of hydrogen-bond acceptors (Lipinski definition) is 4. The first kappa shape index (κ1) is 16.8. The van der Waals surface area contributed by atoms with E-state index < -0.39 is 11.7 Å². The van der Waals surface area contributed by atoms with E-state index in [2.05, 4.69) is 15.8 Å². The van der Waals surface area contributed by atoms with Crippen molar-refractivity contribution in [2.75, 3.05) is 17.3 Å². The van der Waals surface area contributed by atoms with Crippen LogP contribution in [0.2, 0.25) is 0 Å². The average molecular weight is 349 g/mol. The van der Waals surface area contributed by atoms with Crippen molar-refractivity contribution in [3.05, 3.63) is 53.6 Å². The first-order valence-electron chi connectivity index (χ1n) is 7.38. The molecule has 130 valence electrons. The van der Waals surface area contributed by atoms with Crippen molar-refractivity contribution in [3.8, 4) is 5.75 Å². The fourth-order valence-electron chi connectivity index (χ4n) is 2.34. The molecule has 0 saturated carbocycles. The van der Waals surface area contributed by atoms with Gasteiger partial charge in [-0.05, 0) is 42.8 Å². The summed E-state index contributed by atoms with van der Waals surface area (Å²) in [5.41, 5.74) is 3.12. The fraction of sp³-hybridized carbons (Fsp3) is 0.176. The molecule has 1 heterocycles. The maximum atomic E-state index is 13.0. The zero-order chi connectivity index (χ0) is 18.0. The molecule has 5 nitrogen and oxygen atoms in total. The zero-order valence-electron chi connectivity index (χ0n) is 13.1. The SMILES string of the molecule is CC(=NNc1ccccc1C(F)(F)F)c1ccc2c(c1)NC(=O)CO2. The number of carbonyl (C=O) groups is 1. The van der Waals surface area contributed by atoms with Gasteiger partial charge in [-0.1, -0.05) is 12.1 Å². The number of ether oxygens (including phenoxy) is 1. The predicted molar refractivity (Wildman–Crippen MR) is 87.8 cm³/mol. The molecule has 0 saturated heterocycles. The van der Waals surface area contributed by atoms with Crippen LogP contribution >= 0.6 is 0 Å². The van der Waals surface area contributed by atoms with Crippen LogP contribution in [0.1, 0.15) is 18.1 Å². The Bertz CT molecular complexity index is 847. The fourth-order valence-corrected chi connectivity index (χ4v) is 2.34. The molecule has 8 heteroatoms. The van der Waals surface area contributed by atoms with Crippen molar-refractivity contribution in [2.45, 2.75) is 13.1 Å². The summed E-state index contributed by atoms with van der Waals surface area (Å²) in [7, 11) is 0. The number of hydrogen-bond donors (Lipinski definition) is 2. The van der Waals surface area contributed by atoms with Crippen molar-refractivity contribution in [3.63, 3.8) is 0 Å². The second-order valence-electron chi connectivity index (χ2n) is 5.40. The second kappa shape index (κ2) is 6.46. The van der Waals surface area contributed by atoms with Crippen LogP contribution in [-0.4, -0.2) is 18.2 Å². The van der Waals surface area contributed by atoms with Gasteiger partial charge in [-0.2, -0.15) is 18.3 Å². The lowest BCUT2D eigenvalue weighted by Gasteiger charge is -2.18. The van der Waals surface area contributed by atoms with Crippen molar-refractivity contribution >= 4 is 23.0 Å². The summed E-state index contributed by atoms with van der Waals surface area (Å²) in [5, 5.41) is 6.69. The molecule has 0 aromatic heterocycles. The summed E-state index contributed by atoms with van der Waals surface area (Å²) in [6.45, 7) is 1.60. The number of anilines is 2. The maximum Gasteiger partial charge on any atom is 0.418 e. The number of amides is 1. The van der Waals surface area contributed by atoms with Gasteiger partial charge in [0.25, 0.3) is 5.91 Å². The third-order valence-electron chi connectivity index (χ3n) is 3.61. The van der Waals surface area contributed by atoms with Crippen LogP contribution in [0.4, 0.5) is 24.5 Å². The van der Waals surface area contributed by atoms with Crippen molar-refractivity contribution in [1.82, 2.24) is 0 Å². The summed E-state index contributed by atoms with van der Waals surface area (Å²) < 4.78 is 44.2. The molecule has 1 amide bonds. The summed E-state index contributed by atoms with van der Waals surface area (Å²) in [5.74, 6) is 0.267. The van der Waals surface area contributed by atoms with Crippen LogP contribution in [0.25, 0.3) is 0 Å². The monoisotopic (exact) mass is 349 g/mol. The van der Waals surface area contributed by atoms with Crippen LogP contribution in [0.15, 0.2) is 47.6 Å². The predicted octanol–water partition coefficient (Wildman–Crippen LogP) is 3.87. The lowest BCUT2D eigenvalue weighted by molar-refractivity contribution is -0.137. The molecule has 0 atom stereocenters. The third kappa shape index (κ3) is 3.73. The van der Waals surface area contributed by atoms with Crippen LogP contribution in [0.5, 0.6) is 5.75 Å². The minimum Gasteiger partial charge on any atom is -0.482 e. The number of carbonyl (C=O) groups excluding carboxylic acids is 1. The van der Waals surface area contributed by atoms with E-state index in [1.807, 2.05) is 0 Å². The van der Waals surface area contributed by atoms with Crippen LogP contribution in [0, 0.1) is 0 Å². The molecular formula is C17H14F3N3O2. The topological polar surface area (TPSA) is 62.7 Å². The third-order valence-corrected chi connectivity index (χ3v) is 3.61. The van der Waals surface area contributed by atoms with E-state index >= 15 is 0 Å². The molecular weight excluding hydrogens is 335 g/mol. The first-order valence-corrected chi connectivity index (χ1v) is 7.38. The summed E-state index contributed by atoms with van der Waals surface area (Å²) in [4.78, 5) is 11.4. The van der Waals surface area contributed by atoms with Crippen LogP contribution < -0.4 is 15.5 Å². The van der Waals surface area contributed by atoms with Gasteiger partial charge in [-0.15, -0.1) is 0 Å². The van der Waals surface area contributed by atoms with E-state index in [4.69, 9.17) is 4.74 Å². The normalized spacial score (nSPS) is 14.4. The number of benzene rings is 2. The Hall–Kier alpha value is -3.03. The van der Waals surface area contributed by atoms with Gasteiger partial charge >= 0.3 is 6.18 Å². The molecule has 1 aliphatic heterocycles. The number of nitrogens with one attached hydrogen (secondary N) is 2. The van der Waals surface area contributed by atoms with Crippen molar-refractivity contribution < 1.29 is 22.7 Å². The Labute approximate surface area is 141 Å². The molecule has 2 aromatic carbocycles. The number of alkyl halides is 3. The van der Waals surface area contributed by atoms with Gasteiger partial charge in [-0.3, -0.25) is 10.2 Å². The smallest absolute Gasteiger partial charge is 0.418 e. The van der Waals surface area contributed by atoms with E-state index in [9.17, 15) is 18.0 Å². The van der Waals surface area contributed by atoms with E-state index in [-0.39, 0.29) is 18.2 Å². The van der Waals surface area contributed by atoms with Gasteiger partial charge in [-0.25, -0.2) is 0 Å². The largest absolute Gasteiger partial charge is 0.482 e. The standard InChI is InChI=1S/C17H14F3N3O2/c1-10(11-6-7-15-14(8-11)21-16(24)9-25-15)22-23-13-5-3-2-4-12(13)17(18,19)20/h2-8,23H,9H2,1H3,(H,21,24). The minimum absolute atomic E-state index is 0.0464. The van der Waals surface area contributed by atoms with Gasteiger partial charge in [0.2, 0.25) is 0 Å². The highest BCUT2D eigenvalue weighted by Gasteiger charge is 2.33. The Morgan fingerprint density at radius 2 is 2.00 bits per heavy atom. The molecule has 2 aromatic rings. The zero-order valence-corrected chi connectivity index (χ0v) is 13.1. The van der Waals surface area contributed by atoms with Gasteiger partial charge in [0, 0.05) is 0 Å². The number of hydrazone groups is 1. The lowest BCUT2D eigenvalue weighted by atomic mass is 10.1. The summed E-state index contributed by atoms with van der Waals surface area (Å²) in [6.07, 6.45) is -4.47. The summed E-state index contributed by atoms with van der Waals surface area (Å²) >= 11 is 0. The number of halogens is 3. The molecule has 3 rings (SSSR count). The molecule has 0 unspecified atom stereocenters. The first-order chi connectivity index (χ1) is 11.8. The number of fused-ring (bicyclic) bond motifs is 1. The number of nitrogens with zero attached hydrogens (tertiary/aromatic N) is 1. The maximum absolute atomic E-state index is 13.0. The highest BCUT2D eigenvalue weighted by atomic mass is 19.4. The molecule has 0 aliphatic carbocycles. The van der Waals surface area contributed by atoms with E-state index in [0.717, 1.165) is 6.07 Å². The molecule has 1 aliphatic rings. The Morgan fingerprint density at radius 3 is 2.76 bits per heavy atom. The molecule has 0 bridgehead atoms. The van der Waals surface area contributed by atoms with Gasteiger partial charge in [0.05, 0.1) is 22.6 Å². The Morgan fingerprint density at radius 1 is 1.24 bits per heavy atom. The molecule has 0 spiro atoms. The minimum atomic E-state index is -4.47. The van der Waals surface area contributed by atoms with Gasteiger partial charge < -0.3 is 10.1 Å². The quantitative estimate of drug-likeness (QED) is 0.653.